The highest BCUT2D eigenvalue weighted by Gasteiger charge is 2.32. The van der Waals surface area contributed by atoms with E-state index in [-0.39, 0.29) is 0 Å². The highest BCUT2D eigenvalue weighted by atomic mass is 16.4. The molecular formula is C15H19N3O3. The summed E-state index contributed by atoms with van der Waals surface area (Å²) in [6.07, 6.45) is 0. The fourth-order valence-electron chi connectivity index (χ4n) is 1.86. The van der Waals surface area contributed by atoms with Gasteiger partial charge in [0.1, 0.15) is 12.1 Å². The topological polar surface area (TPSA) is 102 Å². The zero-order chi connectivity index (χ0) is 16.2. The second kappa shape index (κ2) is 6.27. The SMILES string of the molecule is Cc1cccc(NC(=O)NC(C(=O)O)C(C)(C)C)c1C#N. The minimum Gasteiger partial charge on any atom is -0.480 e. The number of benzene rings is 1. The van der Waals surface area contributed by atoms with Crippen LogP contribution < -0.4 is 10.6 Å². The summed E-state index contributed by atoms with van der Waals surface area (Å²) in [6.45, 7) is 6.93. The van der Waals surface area contributed by atoms with Crippen LogP contribution in [-0.2, 0) is 4.79 Å². The number of carbonyl (C=O) groups excluding carboxylic acids is 1. The zero-order valence-corrected chi connectivity index (χ0v) is 12.5. The van der Waals surface area contributed by atoms with Gasteiger partial charge in [0.25, 0.3) is 0 Å². The third-order valence-corrected chi connectivity index (χ3v) is 3.02. The summed E-state index contributed by atoms with van der Waals surface area (Å²) in [7, 11) is 0. The molecule has 21 heavy (non-hydrogen) atoms. The summed E-state index contributed by atoms with van der Waals surface area (Å²) < 4.78 is 0. The molecule has 0 bridgehead atoms. The van der Waals surface area contributed by atoms with E-state index in [1.165, 1.54) is 0 Å². The second-order valence-electron chi connectivity index (χ2n) is 5.85. The number of hydrogen-bond donors (Lipinski definition) is 3. The van der Waals surface area contributed by atoms with E-state index in [2.05, 4.69) is 10.6 Å². The summed E-state index contributed by atoms with van der Waals surface area (Å²) in [6, 6.07) is 5.40. The molecule has 1 aromatic rings. The number of carboxylic acid groups (broad SMARTS) is 1. The van der Waals surface area contributed by atoms with Gasteiger partial charge in [0.05, 0.1) is 11.3 Å². The molecule has 6 nitrogen and oxygen atoms in total. The monoisotopic (exact) mass is 289 g/mol. The van der Waals surface area contributed by atoms with Gasteiger partial charge < -0.3 is 15.7 Å². The molecule has 0 aliphatic rings. The summed E-state index contributed by atoms with van der Waals surface area (Å²) in [5.41, 5.74) is 0.817. The highest BCUT2D eigenvalue weighted by Crippen LogP contribution is 2.21. The summed E-state index contributed by atoms with van der Waals surface area (Å²) in [5, 5.41) is 23.2. The van der Waals surface area contributed by atoms with Crippen LogP contribution in [0.1, 0.15) is 31.9 Å². The molecule has 0 aliphatic carbocycles. The molecule has 0 aliphatic heterocycles. The first-order chi connectivity index (χ1) is 9.66. The summed E-state index contributed by atoms with van der Waals surface area (Å²) >= 11 is 0. The van der Waals surface area contributed by atoms with Crippen molar-refractivity contribution in [3.05, 3.63) is 29.3 Å². The molecule has 0 fully saturated rings. The Hall–Kier alpha value is -2.55. The van der Waals surface area contributed by atoms with E-state index in [1.807, 2.05) is 6.07 Å². The van der Waals surface area contributed by atoms with E-state index in [9.17, 15) is 14.7 Å². The first-order valence-corrected chi connectivity index (χ1v) is 6.47. The lowest BCUT2D eigenvalue weighted by Gasteiger charge is -2.27. The van der Waals surface area contributed by atoms with Gasteiger partial charge in [0, 0.05) is 0 Å². The minimum atomic E-state index is -1.11. The largest absolute Gasteiger partial charge is 0.480 e. The molecule has 112 valence electrons. The number of anilines is 1. The number of nitrogens with one attached hydrogen (secondary N) is 2. The number of amides is 2. The summed E-state index contributed by atoms with van der Waals surface area (Å²) in [5.74, 6) is -1.11. The Labute approximate surface area is 123 Å². The normalized spacial score (nSPS) is 12.1. The Kier molecular flexibility index (Phi) is 4.93. The van der Waals surface area contributed by atoms with Crippen molar-refractivity contribution in [2.75, 3.05) is 5.32 Å². The van der Waals surface area contributed by atoms with E-state index in [0.717, 1.165) is 5.56 Å². The van der Waals surface area contributed by atoms with Crippen LogP contribution in [0.5, 0.6) is 0 Å². The number of urea groups is 1. The molecule has 1 aromatic carbocycles. The smallest absolute Gasteiger partial charge is 0.326 e. The Morgan fingerprint density at radius 1 is 1.33 bits per heavy atom. The standard InChI is InChI=1S/C15H19N3O3/c1-9-6-5-7-11(10(9)8-16)17-14(21)18-12(13(19)20)15(2,3)4/h5-7,12H,1-4H3,(H,19,20)(H2,17,18,21). The first-order valence-electron chi connectivity index (χ1n) is 6.47. The van der Waals surface area contributed by atoms with Crippen LogP contribution in [0.2, 0.25) is 0 Å². The van der Waals surface area contributed by atoms with Crippen LogP contribution >= 0.6 is 0 Å². The third-order valence-electron chi connectivity index (χ3n) is 3.02. The van der Waals surface area contributed by atoms with Gasteiger partial charge in [0.2, 0.25) is 0 Å². The Morgan fingerprint density at radius 2 is 1.95 bits per heavy atom. The lowest BCUT2D eigenvalue weighted by Crippen LogP contribution is -2.50. The van der Waals surface area contributed by atoms with Crippen molar-refractivity contribution in [2.24, 2.45) is 5.41 Å². The Morgan fingerprint density at radius 3 is 2.43 bits per heavy atom. The molecular weight excluding hydrogens is 270 g/mol. The molecule has 3 N–H and O–H groups in total. The van der Waals surface area contributed by atoms with Crippen LogP contribution in [0, 0.1) is 23.7 Å². The van der Waals surface area contributed by atoms with Gasteiger partial charge >= 0.3 is 12.0 Å². The molecule has 0 saturated heterocycles. The van der Waals surface area contributed by atoms with Gasteiger partial charge in [-0.2, -0.15) is 5.26 Å². The van der Waals surface area contributed by atoms with E-state index >= 15 is 0 Å². The van der Waals surface area contributed by atoms with Crippen molar-refractivity contribution in [3.8, 4) is 6.07 Å². The average Bonchev–Trinajstić information content (AvgIpc) is 2.34. The lowest BCUT2D eigenvalue weighted by atomic mass is 9.87. The predicted molar refractivity (Wildman–Crippen MR) is 78.9 cm³/mol. The molecule has 6 heteroatoms. The number of aryl methyl sites for hydroxylation is 1. The molecule has 0 heterocycles. The van der Waals surface area contributed by atoms with E-state index in [4.69, 9.17) is 5.26 Å². The van der Waals surface area contributed by atoms with Crippen molar-refractivity contribution in [3.63, 3.8) is 0 Å². The van der Waals surface area contributed by atoms with Gasteiger partial charge in [-0.1, -0.05) is 32.9 Å². The predicted octanol–water partition coefficient (Wildman–Crippen LogP) is 2.49. The highest BCUT2D eigenvalue weighted by molar-refractivity contribution is 5.93. The molecule has 0 radical (unpaired) electrons. The molecule has 2 amide bonds. The number of carbonyl (C=O) groups is 2. The number of nitrogens with zero attached hydrogens (tertiary/aromatic N) is 1. The van der Waals surface area contributed by atoms with Crippen molar-refractivity contribution >= 4 is 17.7 Å². The van der Waals surface area contributed by atoms with E-state index in [1.54, 1.807) is 45.9 Å². The molecule has 1 rings (SSSR count). The quantitative estimate of drug-likeness (QED) is 0.795. The number of nitriles is 1. The number of carboxylic acids is 1. The second-order valence-corrected chi connectivity index (χ2v) is 5.85. The fourth-order valence-corrected chi connectivity index (χ4v) is 1.86. The van der Waals surface area contributed by atoms with Gasteiger partial charge in [-0.15, -0.1) is 0 Å². The zero-order valence-electron chi connectivity index (χ0n) is 12.5. The van der Waals surface area contributed by atoms with Gasteiger partial charge in [-0.3, -0.25) is 0 Å². The van der Waals surface area contributed by atoms with Crippen LogP contribution in [0.15, 0.2) is 18.2 Å². The van der Waals surface area contributed by atoms with Crippen LogP contribution in [0.25, 0.3) is 0 Å². The molecule has 1 atom stereocenters. The van der Waals surface area contributed by atoms with Crippen LogP contribution in [-0.4, -0.2) is 23.1 Å². The average molecular weight is 289 g/mol. The van der Waals surface area contributed by atoms with Gasteiger partial charge in [0.15, 0.2) is 0 Å². The molecule has 0 saturated carbocycles. The maximum atomic E-state index is 12.0. The number of rotatable bonds is 3. The van der Waals surface area contributed by atoms with Crippen molar-refractivity contribution < 1.29 is 14.7 Å². The van der Waals surface area contributed by atoms with Crippen LogP contribution in [0.3, 0.4) is 0 Å². The minimum absolute atomic E-state index is 0.355. The van der Waals surface area contributed by atoms with Crippen LogP contribution in [0.4, 0.5) is 10.5 Å². The van der Waals surface area contributed by atoms with E-state index < -0.39 is 23.5 Å². The summed E-state index contributed by atoms with van der Waals surface area (Å²) in [4.78, 5) is 23.2. The number of aliphatic carboxylic acids is 1. The fraction of sp³-hybridized carbons (Fsp3) is 0.400. The first kappa shape index (κ1) is 16.5. The number of hydrogen-bond acceptors (Lipinski definition) is 3. The molecule has 0 aromatic heterocycles. The van der Waals surface area contributed by atoms with Crippen molar-refractivity contribution in [1.82, 2.24) is 5.32 Å². The molecule has 1 unspecified atom stereocenters. The molecule has 0 spiro atoms. The van der Waals surface area contributed by atoms with Crippen molar-refractivity contribution in [1.29, 1.82) is 5.26 Å². The van der Waals surface area contributed by atoms with E-state index in [0.29, 0.717) is 11.3 Å². The maximum absolute atomic E-state index is 12.0. The van der Waals surface area contributed by atoms with Crippen molar-refractivity contribution in [2.45, 2.75) is 33.7 Å². The lowest BCUT2D eigenvalue weighted by molar-refractivity contribution is -0.141. The van der Waals surface area contributed by atoms with Gasteiger partial charge in [-0.05, 0) is 24.0 Å². The Bertz CT molecular complexity index is 597. The third kappa shape index (κ3) is 4.21. The Balaban J connectivity index is 2.91. The van der Waals surface area contributed by atoms with Gasteiger partial charge in [-0.25, -0.2) is 9.59 Å². The maximum Gasteiger partial charge on any atom is 0.326 e.